The van der Waals surface area contributed by atoms with Gasteiger partial charge in [0, 0.05) is 5.30 Å². The predicted molar refractivity (Wildman–Crippen MR) is 49.4 cm³/mol. The first-order valence-corrected chi connectivity index (χ1v) is 6.01. The third-order valence-corrected chi connectivity index (χ3v) is 3.01. The summed E-state index contributed by atoms with van der Waals surface area (Å²) in [5, 5.41) is 9.34. The van der Waals surface area contributed by atoms with Crippen molar-refractivity contribution in [3.8, 4) is 6.07 Å². The van der Waals surface area contributed by atoms with Crippen molar-refractivity contribution in [1.82, 2.24) is 0 Å². The van der Waals surface area contributed by atoms with Gasteiger partial charge in [0.25, 0.3) is 0 Å². The summed E-state index contributed by atoms with van der Waals surface area (Å²) >= 11 is 11.3. The van der Waals surface area contributed by atoms with Gasteiger partial charge in [0.1, 0.15) is 6.63 Å². The molecule has 0 radical (unpaired) electrons. The fraction of sp³-hybridized carbons (Fsp3) is 0. The monoisotopic (exact) mass is 203 g/mol. The zero-order valence-corrected chi connectivity index (χ0v) is 7.87. The Bertz CT molecular complexity index is 293. The van der Waals surface area contributed by atoms with Gasteiger partial charge in [-0.25, -0.2) is 0 Å². The van der Waals surface area contributed by atoms with Gasteiger partial charge in [0.15, 0.2) is 0 Å². The van der Waals surface area contributed by atoms with Crippen LogP contribution in [0.3, 0.4) is 0 Å². The van der Waals surface area contributed by atoms with Crippen LogP contribution < -0.4 is 5.30 Å². The van der Waals surface area contributed by atoms with Gasteiger partial charge in [0.05, 0.1) is 11.6 Å². The Kier molecular flexibility index (Phi) is 3.15. The van der Waals surface area contributed by atoms with Crippen molar-refractivity contribution in [1.29, 1.82) is 5.26 Å². The number of hydrogen-bond donors (Lipinski definition) is 0. The number of benzene rings is 1. The lowest BCUT2D eigenvalue weighted by atomic mass is 10.2. The van der Waals surface area contributed by atoms with Crippen LogP contribution in [0.25, 0.3) is 0 Å². The highest BCUT2D eigenvalue weighted by molar-refractivity contribution is 8.08. The molecule has 1 aromatic carbocycles. The highest BCUT2D eigenvalue weighted by atomic mass is 35.9. The molecule has 11 heavy (non-hydrogen) atoms. The van der Waals surface area contributed by atoms with Crippen molar-refractivity contribution in [3.63, 3.8) is 0 Å². The molecule has 0 aliphatic rings. The zero-order valence-electron chi connectivity index (χ0n) is 5.46. The summed E-state index contributed by atoms with van der Waals surface area (Å²) < 4.78 is 0. The van der Waals surface area contributed by atoms with E-state index in [4.69, 9.17) is 27.7 Å². The smallest absolute Gasteiger partial charge is 0.116 e. The van der Waals surface area contributed by atoms with E-state index in [0.29, 0.717) is 5.56 Å². The molecule has 0 unspecified atom stereocenters. The average Bonchev–Trinajstić information content (AvgIpc) is 2.05. The minimum Gasteiger partial charge on any atom is -0.192 e. The van der Waals surface area contributed by atoms with Gasteiger partial charge in [0.2, 0.25) is 0 Å². The topological polar surface area (TPSA) is 23.8 Å². The quantitative estimate of drug-likeness (QED) is 0.645. The largest absolute Gasteiger partial charge is 0.192 e. The second-order valence-electron chi connectivity index (χ2n) is 1.90. The molecular weight excluding hydrogens is 200 g/mol. The zero-order chi connectivity index (χ0) is 8.27. The van der Waals surface area contributed by atoms with E-state index in [9.17, 15) is 0 Å². The van der Waals surface area contributed by atoms with Crippen molar-refractivity contribution in [2.24, 2.45) is 0 Å². The molecule has 0 saturated heterocycles. The van der Waals surface area contributed by atoms with E-state index in [1.165, 1.54) is 0 Å². The molecule has 0 bridgehead atoms. The SMILES string of the molecule is N#Cc1cccc(P(Cl)Cl)c1. The minimum absolute atomic E-state index is 0.594. The summed E-state index contributed by atoms with van der Waals surface area (Å²) in [6.45, 7) is -1.12. The van der Waals surface area contributed by atoms with Crippen LogP contribution in [0.5, 0.6) is 0 Å². The lowest BCUT2D eigenvalue weighted by Crippen LogP contribution is -1.93. The Morgan fingerprint density at radius 2 is 2.09 bits per heavy atom. The van der Waals surface area contributed by atoms with Crippen LogP contribution in [0.1, 0.15) is 5.56 Å². The molecule has 0 N–H and O–H groups in total. The molecule has 0 spiro atoms. The van der Waals surface area contributed by atoms with E-state index in [-0.39, 0.29) is 0 Å². The summed E-state index contributed by atoms with van der Waals surface area (Å²) in [6, 6.07) is 9.02. The maximum absolute atomic E-state index is 8.51. The van der Waals surface area contributed by atoms with Crippen molar-refractivity contribution < 1.29 is 0 Å². The highest BCUT2D eigenvalue weighted by Gasteiger charge is 2.02. The van der Waals surface area contributed by atoms with Crippen molar-refractivity contribution >= 4 is 34.4 Å². The van der Waals surface area contributed by atoms with Crippen LogP contribution in [0.2, 0.25) is 0 Å². The van der Waals surface area contributed by atoms with Crippen LogP contribution in [0, 0.1) is 11.3 Å². The van der Waals surface area contributed by atoms with Crippen LogP contribution in [0.4, 0.5) is 0 Å². The minimum atomic E-state index is -1.12. The molecule has 0 aromatic heterocycles. The Balaban J connectivity index is 3.03. The molecule has 56 valence electrons. The van der Waals surface area contributed by atoms with Gasteiger partial charge in [-0.1, -0.05) is 34.6 Å². The standard InChI is InChI=1S/C7H4Cl2NP/c8-11(9)7-3-1-2-6(4-7)5-10/h1-4H. The lowest BCUT2D eigenvalue weighted by molar-refractivity contribution is 1.49. The molecule has 0 saturated carbocycles. The fourth-order valence-electron chi connectivity index (χ4n) is 0.681. The van der Waals surface area contributed by atoms with E-state index < -0.39 is 6.63 Å². The molecule has 1 rings (SSSR count). The number of hydrogen-bond acceptors (Lipinski definition) is 1. The second-order valence-corrected chi connectivity index (χ2v) is 5.42. The summed E-state index contributed by atoms with van der Waals surface area (Å²) in [4.78, 5) is 0. The van der Waals surface area contributed by atoms with Gasteiger partial charge in [-0.05, 0) is 12.1 Å². The molecule has 0 fully saturated rings. The molecule has 1 aromatic rings. The summed E-state index contributed by atoms with van der Waals surface area (Å²) in [5.41, 5.74) is 0.594. The van der Waals surface area contributed by atoms with Crippen LogP contribution >= 0.6 is 29.1 Å². The Morgan fingerprint density at radius 1 is 1.36 bits per heavy atom. The normalized spacial score (nSPS) is 9.64. The van der Waals surface area contributed by atoms with Gasteiger partial charge in [-0.15, -0.1) is 0 Å². The van der Waals surface area contributed by atoms with Gasteiger partial charge < -0.3 is 0 Å². The Labute approximate surface area is 75.9 Å². The van der Waals surface area contributed by atoms with E-state index in [1.54, 1.807) is 18.2 Å². The van der Waals surface area contributed by atoms with Gasteiger partial charge in [-0.2, -0.15) is 5.26 Å². The molecule has 0 amide bonds. The number of rotatable bonds is 1. The maximum atomic E-state index is 8.51. The lowest BCUT2D eigenvalue weighted by Gasteiger charge is -1.98. The van der Waals surface area contributed by atoms with Crippen LogP contribution in [-0.2, 0) is 0 Å². The van der Waals surface area contributed by atoms with E-state index in [1.807, 2.05) is 12.1 Å². The van der Waals surface area contributed by atoms with E-state index >= 15 is 0 Å². The highest BCUT2D eigenvalue weighted by Crippen LogP contribution is 2.45. The first-order valence-electron chi connectivity index (χ1n) is 2.86. The van der Waals surface area contributed by atoms with Crippen LogP contribution in [-0.4, -0.2) is 0 Å². The van der Waals surface area contributed by atoms with Gasteiger partial charge >= 0.3 is 0 Å². The first-order chi connectivity index (χ1) is 5.24. The summed E-state index contributed by atoms with van der Waals surface area (Å²) in [5.74, 6) is 0. The molecule has 0 atom stereocenters. The number of nitrogens with zero attached hydrogens (tertiary/aromatic N) is 1. The maximum Gasteiger partial charge on any atom is 0.116 e. The average molecular weight is 204 g/mol. The Hall–Kier alpha value is -0.280. The fourth-order valence-corrected chi connectivity index (χ4v) is 1.75. The third kappa shape index (κ3) is 2.34. The molecule has 0 aliphatic heterocycles. The Morgan fingerprint density at radius 3 is 2.64 bits per heavy atom. The number of nitriles is 1. The first kappa shape index (κ1) is 8.81. The van der Waals surface area contributed by atoms with Crippen molar-refractivity contribution in [3.05, 3.63) is 29.8 Å². The molecule has 1 nitrogen and oxygen atoms in total. The molecular formula is C7H4Cl2NP. The predicted octanol–water partition coefficient (Wildman–Crippen LogP) is 2.97. The molecule has 0 aliphatic carbocycles. The van der Waals surface area contributed by atoms with Crippen LogP contribution in [0.15, 0.2) is 24.3 Å². The van der Waals surface area contributed by atoms with E-state index in [2.05, 4.69) is 0 Å². The van der Waals surface area contributed by atoms with E-state index in [0.717, 1.165) is 5.30 Å². The number of halogens is 2. The van der Waals surface area contributed by atoms with Crippen molar-refractivity contribution in [2.45, 2.75) is 0 Å². The molecule has 4 heteroatoms. The summed E-state index contributed by atoms with van der Waals surface area (Å²) in [7, 11) is 0. The summed E-state index contributed by atoms with van der Waals surface area (Å²) in [6.07, 6.45) is 0. The third-order valence-electron chi connectivity index (χ3n) is 1.17. The van der Waals surface area contributed by atoms with Gasteiger partial charge in [-0.3, -0.25) is 0 Å². The molecule has 0 heterocycles. The second kappa shape index (κ2) is 3.93. The van der Waals surface area contributed by atoms with Crippen molar-refractivity contribution in [2.75, 3.05) is 0 Å².